The van der Waals surface area contributed by atoms with E-state index in [-0.39, 0.29) is 19.4 Å². The fraction of sp³-hybridized carbons (Fsp3) is 0.310. The zero-order chi connectivity index (χ0) is 26.1. The van der Waals surface area contributed by atoms with Crippen LogP contribution in [0, 0.1) is 12.7 Å². The second-order valence-corrected chi connectivity index (χ2v) is 9.94. The van der Waals surface area contributed by atoms with Gasteiger partial charge in [0, 0.05) is 23.2 Å². The number of fused-ring (bicyclic) bond motifs is 1. The van der Waals surface area contributed by atoms with Crippen LogP contribution in [0.3, 0.4) is 0 Å². The maximum absolute atomic E-state index is 14.2. The van der Waals surface area contributed by atoms with E-state index in [9.17, 15) is 19.1 Å². The van der Waals surface area contributed by atoms with E-state index in [1.807, 2.05) is 45.0 Å². The molecule has 3 aromatic rings. The number of nitrogens with one attached hydrogen (secondary N) is 1. The van der Waals surface area contributed by atoms with E-state index in [1.54, 1.807) is 24.3 Å². The lowest BCUT2D eigenvalue weighted by Crippen LogP contribution is -2.49. The quantitative estimate of drug-likeness (QED) is 0.429. The molecule has 1 atom stereocenters. The van der Waals surface area contributed by atoms with Crippen molar-refractivity contribution in [3.8, 4) is 5.75 Å². The Bertz CT molecular complexity index is 1320. The fourth-order valence-electron chi connectivity index (χ4n) is 4.84. The molecule has 0 aromatic heterocycles. The van der Waals surface area contributed by atoms with Gasteiger partial charge in [-0.1, -0.05) is 38.1 Å². The van der Waals surface area contributed by atoms with Gasteiger partial charge in [-0.25, -0.2) is 9.18 Å². The summed E-state index contributed by atoms with van der Waals surface area (Å²) >= 11 is 0. The van der Waals surface area contributed by atoms with Crippen molar-refractivity contribution in [2.75, 3.05) is 12.4 Å². The van der Waals surface area contributed by atoms with Gasteiger partial charge in [0.25, 0.3) is 5.91 Å². The normalized spacial score (nSPS) is 14.6. The number of cyclic esters (lactones) is 1. The fourth-order valence-corrected chi connectivity index (χ4v) is 4.84. The maximum atomic E-state index is 14.2. The summed E-state index contributed by atoms with van der Waals surface area (Å²) in [7, 11) is 1.50. The van der Waals surface area contributed by atoms with Gasteiger partial charge in [-0.15, -0.1) is 0 Å². The van der Waals surface area contributed by atoms with Crippen molar-refractivity contribution < 1.29 is 28.6 Å². The first-order chi connectivity index (χ1) is 17.0. The SMILES string of the molecule is COc1ccc(F)cc1C(C)(C)CC(O)(Cc1ccccc1C)C(=O)Nc1ccc2c(c1)COC2=O. The molecule has 3 aromatic carbocycles. The largest absolute Gasteiger partial charge is 0.496 e. The van der Waals surface area contributed by atoms with E-state index in [1.165, 1.54) is 19.2 Å². The molecule has 36 heavy (non-hydrogen) atoms. The molecule has 0 spiro atoms. The number of halogens is 1. The van der Waals surface area contributed by atoms with Crippen LogP contribution in [0.2, 0.25) is 0 Å². The molecule has 6 nitrogen and oxygen atoms in total. The molecule has 0 aliphatic carbocycles. The molecule has 0 saturated carbocycles. The van der Waals surface area contributed by atoms with Gasteiger partial charge in [0.2, 0.25) is 0 Å². The molecule has 4 rings (SSSR count). The third-order valence-electron chi connectivity index (χ3n) is 6.73. The Morgan fingerprint density at radius 3 is 2.61 bits per heavy atom. The van der Waals surface area contributed by atoms with Gasteiger partial charge in [0.1, 0.15) is 23.8 Å². The Kier molecular flexibility index (Phi) is 6.87. The van der Waals surface area contributed by atoms with E-state index in [0.717, 1.165) is 11.1 Å². The zero-order valence-electron chi connectivity index (χ0n) is 20.9. The van der Waals surface area contributed by atoms with Crippen molar-refractivity contribution in [1.82, 2.24) is 0 Å². The van der Waals surface area contributed by atoms with Crippen LogP contribution >= 0.6 is 0 Å². The van der Waals surface area contributed by atoms with Crippen molar-refractivity contribution in [1.29, 1.82) is 0 Å². The maximum Gasteiger partial charge on any atom is 0.338 e. The lowest BCUT2D eigenvalue weighted by Gasteiger charge is -2.36. The average molecular weight is 492 g/mol. The van der Waals surface area contributed by atoms with Gasteiger partial charge >= 0.3 is 5.97 Å². The Morgan fingerprint density at radius 2 is 1.89 bits per heavy atom. The second kappa shape index (κ2) is 9.74. The summed E-state index contributed by atoms with van der Waals surface area (Å²) in [6, 6.07) is 16.7. The summed E-state index contributed by atoms with van der Waals surface area (Å²) in [5.41, 5.74) is 1.21. The molecule has 1 heterocycles. The third-order valence-corrected chi connectivity index (χ3v) is 6.73. The van der Waals surface area contributed by atoms with Crippen LogP contribution in [-0.4, -0.2) is 29.7 Å². The Labute approximate surface area is 210 Å². The number of aryl methyl sites for hydroxylation is 1. The number of hydrogen-bond donors (Lipinski definition) is 2. The van der Waals surface area contributed by atoms with Gasteiger partial charge in [-0.05, 0) is 66.3 Å². The van der Waals surface area contributed by atoms with E-state index >= 15 is 0 Å². The molecule has 0 radical (unpaired) electrons. The highest BCUT2D eigenvalue weighted by Crippen LogP contribution is 2.40. The molecule has 1 aliphatic heterocycles. The summed E-state index contributed by atoms with van der Waals surface area (Å²) in [6.07, 6.45) is 0.0472. The number of methoxy groups -OCH3 is 1. The molecule has 1 unspecified atom stereocenters. The van der Waals surface area contributed by atoms with Crippen LogP contribution in [0.4, 0.5) is 10.1 Å². The number of benzene rings is 3. The standard InChI is InChI=1S/C29H30FNO5/c1-18-7-5-6-8-19(18)15-29(34,17-28(2,3)24-14-21(30)9-12-25(24)35-4)27(33)31-22-10-11-23-20(13-22)16-36-26(23)32/h5-14,34H,15-17H2,1-4H3,(H,31,33). The van der Waals surface area contributed by atoms with Crippen molar-refractivity contribution >= 4 is 17.6 Å². The molecule has 1 aliphatic rings. The summed E-state index contributed by atoms with van der Waals surface area (Å²) in [5.74, 6) is -0.951. The third kappa shape index (κ3) is 5.11. The number of hydrogen-bond acceptors (Lipinski definition) is 5. The first kappa shape index (κ1) is 25.4. The molecule has 188 valence electrons. The Hall–Kier alpha value is -3.71. The summed E-state index contributed by atoms with van der Waals surface area (Å²) < 4.78 is 24.7. The molecule has 0 saturated heterocycles. The molecule has 2 N–H and O–H groups in total. The number of amides is 1. The van der Waals surface area contributed by atoms with E-state index in [4.69, 9.17) is 9.47 Å². The minimum atomic E-state index is -1.85. The van der Waals surface area contributed by atoms with E-state index in [2.05, 4.69) is 5.32 Å². The predicted molar refractivity (Wildman–Crippen MR) is 135 cm³/mol. The monoisotopic (exact) mass is 491 g/mol. The number of carbonyl (C=O) groups is 2. The number of esters is 1. The predicted octanol–water partition coefficient (Wildman–Crippen LogP) is 5.09. The van der Waals surface area contributed by atoms with Crippen LogP contribution in [-0.2, 0) is 28.0 Å². The molecule has 0 fully saturated rings. The number of aliphatic hydroxyl groups is 1. The number of carbonyl (C=O) groups excluding carboxylic acids is 2. The van der Waals surface area contributed by atoms with E-state index < -0.39 is 28.7 Å². The van der Waals surface area contributed by atoms with Crippen molar-refractivity contribution in [2.45, 2.75) is 51.2 Å². The topological polar surface area (TPSA) is 84.9 Å². The van der Waals surface area contributed by atoms with Crippen molar-refractivity contribution in [3.05, 3.63) is 94.3 Å². The summed E-state index contributed by atoms with van der Waals surface area (Å²) in [6.45, 7) is 5.75. The number of anilines is 1. The lowest BCUT2D eigenvalue weighted by atomic mass is 9.72. The second-order valence-electron chi connectivity index (χ2n) is 9.94. The minimum Gasteiger partial charge on any atom is -0.496 e. The summed E-state index contributed by atoms with van der Waals surface area (Å²) in [5, 5.41) is 14.8. The van der Waals surface area contributed by atoms with Gasteiger partial charge in [0.05, 0.1) is 12.7 Å². The molecular formula is C29H30FNO5. The van der Waals surface area contributed by atoms with E-state index in [0.29, 0.717) is 28.1 Å². The molecule has 7 heteroatoms. The van der Waals surface area contributed by atoms with Crippen molar-refractivity contribution in [3.63, 3.8) is 0 Å². The highest BCUT2D eigenvalue weighted by Gasteiger charge is 2.43. The van der Waals surface area contributed by atoms with Gasteiger partial charge in [-0.3, -0.25) is 4.79 Å². The average Bonchev–Trinajstić information content (AvgIpc) is 3.20. The van der Waals surface area contributed by atoms with Crippen LogP contribution in [0.1, 0.15) is 52.9 Å². The first-order valence-electron chi connectivity index (χ1n) is 11.7. The Morgan fingerprint density at radius 1 is 1.14 bits per heavy atom. The summed E-state index contributed by atoms with van der Waals surface area (Å²) in [4.78, 5) is 25.5. The lowest BCUT2D eigenvalue weighted by molar-refractivity contribution is -0.136. The van der Waals surface area contributed by atoms with Crippen LogP contribution in [0.5, 0.6) is 5.75 Å². The molecule has 0 bridgehead atoms. The highest BCUT2D eigenvalue weighted by atomic mass is 19.1. The molecule has 1 amide bonds. The smallest absolute Gasteiger partial charge is 0.338 e. The molecular weight excluding hydrogens is 461 g/mol. The first-order valence-corrected chi connectivity index (χ1v) is 11.7. The number of ether oxygens (including phenoxy) is 2. The van der Waals surface area contributed by atoms with Gasteiger partial charge < -0.3 is 19.9 Å². The highest BCUT2D eigenvalue weighted by molar-refractivity contribution is 5.99. The van der Waals surface area contributed by atoms with Gasteiger partial charge in [0.15, 0.2) is 0 Å². The van der Waals surface area contributed by atoms with Crippen LogP contribution < -0.4 is 10.1 Å². The zero-order valence-corrected chi connectivity index (χ0v) is 20.9. The van der Waals surface area contributed by atoms with Crippen molar-refractivity contribution in [2.24, 2.45) is 0 Å². The van der Waals surface area contributed by atoms with Gasteiger partial charge in [-0.2, -0.15) is 0 Å². The minimum absolute atomic E-state index is 0.00742. The number of rotatable bonds is 8. The van der Waals surface area contributed by atoms with Crippen LogP contribution in [0.15, 0.2) is 60.7 Å². The van der Waals surface area contributed by atoms with Crippen LogP contribution in [0.25, 0.3) is 0 Å². The Balaban J connectivity index is 1.69.